The second kappa shape index (κ2) is 9.37. The van der Waals surface area contributed by atoms with Gasteiger partial charge in [-0.25, -0.2) is 4.79 Å². The van der Waals surface area contributed by atoms with E-state index < -0.39 is 5.76 Å². The van der Waals surface area contributed by atoms with E-state index in [1.807, 2.05) is 18.2 Å². The van der Waals surface area contributed by atoms with E-state index in [9.17, 15) is 9.59 Å². The van der Waals surface area contributed by atoms with Gasteiger partial charge in [-0.1, -0.05) is 35.9 Å². The van der Waals surface area contributed by atoms with Crippen molar-refractivity contribution in [2.45, 2.75) is 6.67 Å². The third-order valence-corrected chi connectivity index (χ3v) is 6.52. The number of benzene rings is 3. The largest absolute Gasteiger partial charge is 0.495 e. The van der Waals surface area contributed by atoms with Crippen LogP contribution in [0.2, 0.25) is 5.02 Å². The fraction of sp³-hybridized carbons (Fsp3) is 0.231. The van der Waals surface area contributed by atoms with Gasteiger partial charge in [0.15, 0.2) is 11.4 Å². The van der Waals surface area contributed by atoms with Gasteiger partial charge >= 0.3 is 5.76 Å². The highest BCUT2D eigenvalue weighted by molar-refractivity contribution is 6.35. The van der Waals surface area contributed by atoms with Crippen LogP contribution in [0, 0.1) is 0 Å². The lowest BCUT2D eigenvalue weighted by Gasteiger charge is -2.36. The minimum atomic E-state index is -0.440. The van der Waals surface area contributed by atoms with Crippen LogP contribution in [0.15, 0.2) is 75.9 Å². The molecule has 1 aliphatic heterocycles. The number of halogens is 1. The highest BCUT2D eigenvalue weighted by Crippen LogP contribution is 2.28. The van der Waals surface area contributed by atoms with Crippen LogP contribution in [-0.4, -0.2) is 48.5 Å². The van der Waals surface area contributed by atoms with Crippen molar-refractivity contribution in [2.75, 3.05) is 38.2 Å². The van der Waals surface area contributed by atoms with E-state index >= 15 is 0 Å². The SMILES string of the molecule is COc1ccccc1N1CCN(Cn2c(=O)oc3ccc(C(=O)c4ccccc4Cl)cc32)CC1. The van der Waals surface area contributed by atoms with Crippen molar-refractivity contribution in [3.8, 4) is 5.75 Å². The zero-order chi connectivity index (χ0) is 23.7. The zero-order valence-corrected chi connectivity index (χ0v) is 19.5. The van der Waals surface area contributed by atoms with Gasteiger partial charge in [-0.3, -0.25) is 14.3 Å². The Balaban J connectivity index is 1.36. The lowest BCUT2D eigenvalue weighted by molar-refractivity contribution is 0.103. The smallest absolute Gasteiger partial charge is 0.421 e. The van der Waals surface area contributed by atoms with E-state index in [1.54, 1.807) is 54.1 Å². The third-order valence-electron chi connectivity index (χ3n) is 6.19. The number of hydrogen-bond acceptors (Lipinski definition) is 6. The average molecular weight is 478 g/mol. The Hall–Kier alpha value is -3.55. The van der Waals surface area contributed by atoms with Gasteiger partial charge in [-0.05, 0) is 42.5 Å². The number of carbonyl (C=O) groups excluding carboxylic acids is 1. The summed E-state index contributed by atoms with van der Waals surface area (Å²) in [6.07, 6.45) is 0. The van der Waals surface area contributed by atoms with Crippen molar-refractivity contribution >= 4 is 34.2 Å². The number of hydrogen-bond donors (Lipinski definition) is 0. The molecule has 2 heterocycles. The Kier molecular flexibility index (Phi) is 6.13. The molecule has 0 bridgehead atoms. The number of aromatic nitrogens is 1. The predicted octanol–water partition coefficient (Wildman–Crippen LogP) is 4.27. The highest BCUT2D eigenvalue weighted by atomic mass is 35.5. The summed E-state index contributed by atoms with van der Waals surface area (Å²) in [4.78, 5) is 30.1. The van der Waals surface area contributed by atoms with Crippen molar-refractivity contribution in [1.29, 1.82) is 0 Å². The van der Waals surface area contributed by atoms with Crippen LogP contribution in [0.25, 0.3) is 11.1 Å². The second-order valence-corrected chi connectivity index (χ2v) is 8.61. The molecule has 1 aromatic heterocycles. The lowest BCUT2D eigenvalue weighted by atomic mass is 10.0. The van der Waals surface area contributed by atoms with E-state index in [4.69, 9.17) is 20.8 Å². The summed E-state index contributed by atoms with van der Waals surface area (Å²) in [5.74, 6) is 0.214. The molecule has 1 saturated heterocycles. The van der Waals surface area contributed by atoms with E-state index in [2.05, 4.69) is 15.9 Å². The van der Waals surface area contributed by atoms with Crippen LogP contribution in [0.1, 0.15) is 15.9 Å². The first-order chi connectivity index (χ1) is 16.5. The molecule has 0 aliphatic carbocycles. The maximum absolute atomic E-state index is 13.0. The fourth-order valence-electron chi connectivity index (χ4n) is 4.36. The maximum Gasteiger partial charge on any atom is 0.421 e. The molecule has 4 aromatic rings. The van der Waals surface area contributed by atoms with Gasteiger partial charge in [0.2, 0.25) is 0 Å². The van der Waals surface area contributed by atoms with Gasteiger partial charge in [0.05, 0.1) is 30.0 Å². The van der Waals surface area contributed by atoms with Crippen LogP contribution in [0.4, 0.5) is 5.69 Å². The molecule has 0 radical (unpaired) electrons. The Morgan fingerprint density at radius 3 is 2.50 bits per heavy atom. The van der Waals surface area contributed by atoms with Crippen LogP contribution < -0.4 is 15.4 Å². The monoisotopic (exact) mass is 477 g/mol. The van der Waals surface area contributed by atoms with Crippen molar-refractivity contribution in [1.82, 2.24) is 9.47 Å². The average Bonchev–Trinajstić information content (AvgIpc) is 3.18. The summed E-state index contributed by atoms with van der Waals surface area (Å²) in [5.41, 5.74) is 2.99. The summed E-state index contributed by atoms with van der Waals surface area (Å²) in [5, 5.41) is 0.394. The molecule has 1 fully saturated rings. The predicted molar refractivity (Wildman–Crippen MR) is 132 cm³/mol. The quantitative estimate of drug-likeness (QED) is 0.386. The molecule has 0 N–H and O–H groups in total. The van der Waals surface area contributed by atoms with Gasteiger partial charge in [0, 0.05) is 37.3 Å². The zero-order valence-electron chi connectivity index (χ0n) is 18.7. The molecule has 0 spiro atoms. The molecule has 0 atom stereocenters. The number of carbonyl (C=O) groups is 1. The summed E-state index contributed by atoms with van der Waals surface area (Å²) in [7, 11) is 1.68. The molecule has 1 aliphatic rings. The lowest BCUT2D eigenvalue weighted by Crippen LogP contribution is -2.47. The molecule has 174 valence electrons. The summed E-state index contributed by atoms with van der Waals surface area (Å²) in [6.45, 7) is 3.54. The summed E-state index contributed by atoms with van der Waals surface area (Å²) < 4.78 is 12.5. The van der Waals surface area contributed by atoms with Gasteiger partial charge in [-0.15, -0.1) is 0 Å². The Bertz CT molecular complexity index is 1400. The number of ketones is 1. The molecular weight excluding hydrogens is 454 g/mol. The first kappa shape index (κ1) is 22.3. The number of fused-ring (bicyclic) bond motifs is 1. The van der Waals surface area contributed by atoms with E-state index in [-0.39, 0.29) is 5.78 Å². The molecule has 0 unspecified atom stereocenters. The van der Waals surface area contributed by atoms with Crippen LogP contribution >= 0.6 is 11.6 Å². The molecule has 0 saturated carbocycles. The Labute approximate surface area is 201 Å². The van der Waals surface area contributed by atoms with Crippen molar-refractivity contribution in [2.24, 2.45) is 0 Å². The van der Waals surface area contributed by atoms with E-state index in [0.717, 1.165) is 37.6 Å². The van der Waals surface area contributed by atoms with Crippen LogP contribution in [0.5, 0.6) is 5.75 Å². The minimum Gasteiger partial charge on any atom is -0.495 e. The Morgan fingerprint density at radius 2 is 1.74 bits per heavy atom. The standard InChI is InChI=1S/C26H24ClN3O4/c1-33-23-9-5-4-8-21(23)29-14-12-28(13-15-29)17-30-22-16-18(10-11-24(22)34-26(30)32)25(31)19-6-2-3-7-20(19)27/h2-11,16H,12-15,17H2,1H3. The molecule has 0 amide bonds. The molecule has 5 rings (SSSR count). The highest BCUT2D eigenvalue weighted by Gasteiger charge is 2.22. The number of rotatable bonds is 6. The van der Waals surface area contributed by atoms with E-state index in [0.29, 0.717) is 33.9 Å². The number of para-hydroxylation sites is 2. The molecule has 3 aromatic carbocycles. The number of oxazole rings is 1. The number of ether oxygens (including phenoxy) is 1. The Morgan fingerprint density at radius 1 is 1.00 bits per heavy atom. The van der Waals surface area contributed by atoms with Crippen molar-refractivity contribution in [3.05, 3.63) is 93.4 Å². The first-order valence-corrected chi connectivity index (χ1v) is 11.5. The van der Waals surface area contributed by atoms with Crippen molar-refractivity contribution in [3.63, 3.8) is 0 Å². The summed E-state index contributed by atoms with van der Waals surface area (Å²) >= 11 is 6.21. The number of anilines is 1. The molecule has 8 heteroatoms. The third kappa shape index (κ3) is 4.20. The molecular formula is C26H24ClN3O4. The van der Waals surface area contributed by atoms with Crippen molar-refractivity contribution < 1.29 is 13.9 Å². The van der Waals surface area contributed by atoms with Gasteiger partial charge in [0.1, 0.15) is 5.75 Å². The van der Waals surface area contributed by atoms with Gasteiger partial charge in [-0.2, -0.15) is 0 Å². The maximum atomic E-state index is 13.0. The van der Waals surface area contributed by atoms with Gasteiger partial charge < -0.3 is 14.1 Å². The number of piperazine rings is 1. The normalized spacial score (nSPS) is 14.5. The fourth-order valence-corrected chi connectivity index (χ4v) is 4.58. The second-order valence-electron chi connectivity index (χ2n) is 8.21. The number of nitrogens with zero attached hydrogens (tertiary/aromatic N) is 3. The first-order valence-electron chi connectivity index (χ1n) is 11.1. The van der Waals surface area contributed by atoms with Gasteiger partial charge in [0.25, 0.3) is 0 Å². The van der Waals surface area contributed by atoms with E-state index in [1.165, 1.54) is 0 Å². The minimum absolute atomic E-state index is 0.196. The number of methoxy groups -OCH3 is 1. The summed E-state index contributed by atoms with van der Waals surface area (Å²) in [6, 6.07) is 19.9. The molecule has 7 nitrogen and oxygen atoms in total. The molecule has 34 heavy (non-hydrogen) atoms. The van der Waals surface area contributed by atoms with Crippen LogP contribution in [0.3, 0.4) is 0 Å². The van der Waals surface area contributed by atoms with Crippen LogP contribution in [-0.2, 0) is 6.67 Å². The topological polar surface area (TPSA) is 67.9 Å².